The molecule has 2 aliphatic carbocycles. The van der Waals surface area contributed by atoms with Crippen LogP contribution in [0.25, 0.3) is 5.65 Å². The van der Waals surface area contributed by atoms with E-state index in [2.05, 4.69) is 15.5 Å². The van der Waals surface area contributed by atoms with Crippen LogP contribution in [0, 0.1) is 17.7 Å². The second kappa shape index (κ2) is 6.23. The maximum Gasteiger partial charge on any atom is 0.181 e. The number of pyridine rings is 1. The van der Waals surface area contributed by atoms with E-state index in [1.807, 2.05) is 28.8 Å². The van der Waals surface area contributed by atoms with Crippen LogP contribution in [-0.4, -0.2) is 21.1 Å². The minimum atomic E-state index is -0.105. The first-order valence-electron chi connectivity index (χ1n) is 9.21. The molecule has 2 aromatic heterocycles. The third-order valence-electron chi connectivity index (χ3n) is 5.54. The molecule has 0 amide bonds. The van der Waals surface area contributed by atoms with Crippen LogP contribution in [0.1, 0.15) is 36.6 Å². The van der Waals surface area contributed by atoms with Crippen LogP contribution in [0.15, 0.2) is 36.5 Å². The van der Waals surface area contributed by atoms with Gasteiger partial charge in [-0.1, -0.05) is 29.8 Å². The van der Waals surface area contributed by atoms with Crippen LogP contribution in [-0.2, 0) is 6.42 Å². The summed E-state index contributed by atoms with van der Waals surface area (Å²) in [6.45, 7) is 0.776. The lowest BCUT2D eigenvalue weighted by Crippen LogP contribution is -2.06. The third kappa shape index (κ3) is 2.94. The average molecular weight is 371 g/mol. The molecule has 2 heterocycles. The van der Waals surface area contributed by atoms with E-state index in [-0.39, 0.29) is 5.82 Å². The van der Waals surface area contributed by atoms with Crippen molar-refractivity contribution in [3.8, 4) is 0 Å². The van der Waals surface area contributed by atoms with E-state index in [1.165, 1.54) is 18.9 Å². The SMILES string of the molecule is Fc1ccccc1[C@H]1C[C@@H]1CNc1ccn2c(CC3CC3)nnc2c1Cl. The Kier molecular flexibility index (Phi) is 3.85. The van der Waals surface area contributed by atoms with Gasteiger partial charge in [0, 0.05) is 19.2 Å². The van der Waals surface area contributed by atoms with E-state index in [0.29, 0.717) is 22.5 Å². The third-order valence-corrected chi connectivity index (χ3v) is 5.91. The van der Waals surface area contributed by atoms with Crippen LogP contribution >= 0.6 is 11.6 Å². The van der Waals surface area contributed by atoms with Gasteiger partial charge < -0.3 is 5.32 Å². The molecule has 0 radical (unpaired) electrons. The first kappa shape index (κ1) is 16.1. The standard InChI is InChI=1S/C20H20ClFN4/c21-19-17(7-8-26-18(9-12-5-6-12)24-25-20(19)26)23-11-13-10-15(13)14-3-1-2-4-16(14)22/h1-4,7-8,12-13,15,23H,5-6,9-11H2/t13-,15+/m1/s1. The lowest BCUT2D eigenvalue weighted by atomic mass is 10.1. The Bertz CT molecular complexity index is 966. The van der Waals surface area contributed by atoms with Crippen LogP contribution in [0.5, 0.6) is 0 Å². The van der Waals surface area contributed by atoms with Gasteiger partial charge in [-0.15, -0.1) is 10.2 Å². The summed E-state index contributed by atoms with van der Waals surface area (Å²) >= 11 is 6.54. The molecule has 0 aliphatic heterocycles. The molecule has 0 spiro atoms. The molecule has 5 rings (SSSR count). The molecule has 2 aliphatic rings. The summed E-state index contributed by atoms with van der Waals surface area (Å²) in [6.07, 6.45) is 6.53. The number of anilines is 1. The molecule has 2 saturated carbocycles. The van der Waals surface area contributed by atoms with Gasteiger partial charge in [-0.3, -0.25) is 4.40 Å². The summed E-state index contributed by atoms with van der Waals surface area (Å²) in [5, 5.41) is 12.6. The summed E-state index contributed by atoms with van der Waals surface area (Å²) < 4.78 is 15.9. The lowest BCUT2D eigenvalue weighted by molar-refractivity contribution is 0.607. The van der Waals surface area contributed by atoms with E-state index >= 15 is 0 Å². The number of halogens is 2. The van der Waals surface area contributed by atoms with Crippen LogP contribution < -0.4 is 5.32 Å². The molecule has 26 heavy (non-hydrogen) atoms. The number of fused-ring (bicyclic) bond motifs is 1. The zero-order chi connectivity index (χ0) is 17.7. The summed E-state index contributed by atoms with van der Waals surface area (Å²) in [4.78, 5) is 0. The number of benzene rings is 1. The lowest BCUT2D eigenvalue weighted by Gasteiger charge is -2.09. The van der Waals surface area contributed by atoms with Gasteiger partial charge in [0.15, 0.2) is 5.65 Å². The van der Waals surface area contributed by atoms with Gasteiger partial charge in [-0.2, -0.15) is 0 Å². The van der Waals surface area contributed by atoms with Crippen molar-refractivity contribution in [2.45, 2.75) is 31.6 Å². The highest BCUT2D eigenvalue weighted by Crippen LogP contribution is 2.48. The van der Waals surface area contributed by atoms with Crippen molar-refractivity contribution in [1.82, 2.24) is 14.6 Å². The highest BCUT2D eigenvalue weighted by Gasteiger charge is 2.39. The Labute approximate surface area is 156 Å². The monoisotopic (exact) mass is 370 g/mol. The fraction of sp³-hybridized carbons (Fsp3) is 0.400. The molecule has 4 nitrogen and oxygen atoms in total. The molecule has 0 unspecified atom stereocenters. The predicted octanol–water partition coefficient (Wildman–Crippen LogP) is 4.69. The normalized spacial score (nSPS) is 21.9. The summed E-state index contributed by atoms with van der Waals surface area (Å²) in [7, 11) is 0. The number of nitrogens with zero attached hydrogens (tertiary/aromatic N) is 3. The average Bonchev–Trinajstić information content (AvgIpc) is 3.55. The van der Waals surface area contributed by atoms with E-state index in [9.17, 15) is 4.39 Å². The Hall–Kier alpha value is -2.14. The maximum absolute atomic E-state index is 13.9. The number of hydrogen-bond acceptors (Lipinski definition) is 3. The Balaban J connectivity index is 1.28. The van der Waals surface area contributed by atoms with Crippen molar-refractivity contribution in [3.63, 3.8) is 0 Å². The fourth-order valence-corrected chi connectivity index (χ4v) is 3.96. The van der Waals surface area contributed by atoms with Crippen molar-refractivity contribution < 1.29 is 4.39 Å². The molecule has 1 N–H and O–H groups in total. The highest BCUT2D eigenvalue weighted by atomic mass is 35.5. The van der Waals surface area contributed by atoms with Gasteiger partial charge in [-0.05, 0) is 54.7 Å². The highest BCUT2D eigenvalue weighted by molar-refractivity contribution is 6.36. The quantitative estimate of drug-likeness (QED) is 0.684. The Morgan fingerprint density at radius 3 is 2.85 bits per heavy atom. The smallest absolute Gasteiger partial charge is 0.181 e. The number of aromatic nitrogens is 3. The predicted molar refractivity (Wildman–Crippen MR) is 100 cm³/mol. The fourth-order valence-electron chi connectivity index (χ4n) is 3.70. The summed E-state index contributed by atoms with van der Waals surface area (Å²) in [6, 6.07) is 9.04. The molecule has 6 heteroatoms. The minimum absolute atomic E-state index is 0.105. The molecular weight excluding hydrogens is 351 g/mol. The van der Waals surface area contributed by atoms with E-state index < -0.39 is 0 Å². The molecule has 1 aromatic carbocycles. The van der Waals surface area contributed by atoms with Gasteiger partial charge in [0.1, 0.15) is 16.7 Å². The molecule has 2 atom stereocenters. The maximum atomic E-state index is 13.9. The molecule has 2 fully saturated rings. The number of hydrogen-bond donors (Lipinski definition) is 1. The zero-order valence-corrected chi connectivity index (χ0v) is 15.1. The first-order chi connectivity index (χ1) is 12.7. The summed E-state index contributed by atoms with van der Waals surface area (Å²) in [5.41, 5.74) is 2.39. The van der Waals surface area contributed by atoms with Crippen molar-refractivity contribution in [1.29, 1.82) is 0 Å². The van der Waals surface area contributed by atoms with Crippen molar-refractivity contribution in [3.05, 3.63) is 58.8 Å². The van der Waals surface area contributed by atoms with Crippen LogP contribution in [0.3, 0.4) is 0 Å². The van der Waals surface area contributed by atoms with Gasteiger partial charge >= 0.3 is 0 Å². The van der Waals surface area contributed by atoms with Gasteiger partial charge in [0.25, 0.3) is 0 Å². The molecular formula is C20H20ClFN4. The minimum Gasteiger partial charge on any atom is -0.383 e. The van der Waals surface area contributed by atoms with Gasteiger partial charge in [0.05, 0.1) is 5.69 Å². The summed E-state index contributed by atoms with van der Waals surface area (Å²) in [5.74, 6) is 2.36. The molecule has 0 bridgehead atoms. The molecule has 0 saturated heterocycles. The van der Waals surface area contributed by atoms with E-state index in [1.54, 1.807) is 6.07 Å². The number of rotatable bonds is 6. The van der Waals surface area contributed by atoms with Crippen molar-refractivity contribution >= 4 is 22.9 Å². The second-order valence-corrected chi connectivity index (χ2v) is 7.88. The second-order valence-electron chi connectivity index (χ2n) is 7.51. The van der Waals surface area contributed by atoms with Crippen molar-refractivity contribution in [2.75, 3.05) is 11.9 Å². The van der Waals surface area contributed by atoms with Crippen LogP contribution in [0.4, 0.5) is 10.1 Å². The first-order valence-corrected chi connectivity index (χ1v) is 9.59. The topological polar surface area (TPSA) is 42.2 Å². The molecule has 134 valence electrons. The largest absolute Gasteiger partial charge is 0.383 e. The van der Waals surface area contributed by atoms with Gasteiger partial charge in [-0.25, -0.2) is 4.39 Å². The Morgan fingerprint density at radius 2 is 2.04 bits per heavy atom. The zero-order valence-electron chi connectivity index (χ0n) is 14.3. The molecule has 3 aromatic rings. The van der Waals surface area contributed by atoms with Crippen molar-refractivity contribution in [2.24, 2.45) is 11.8 Å². The number of nitrogens with one attached hydrogen (secondary N) is 1. The van der Waals surface area contributed by atoms with Crippen LogP contribution in [0.2, 0.25) is 5.02 Å². The van der Waals surface area contributed by atoms with Gasteiger partial charge in [0.2, 0.25) is 0 Å². The Morgan fingerprint density at radius 1 is 1.19 bits per heavy atom. The van der Waals surface area contributed by atoms with E-state index in [0.717, 1.165) is 42.4 Å². The van der Waals surface area contributed by atoms with E-state index in [4.69, 9.17) is 11.6 Å².